The number of nitrogens with zero attached hydrogens (tertiary/aromatic N) is 1. The maximum atomic E-state index is 5.87. The Bertz CT molecular complexity index is 927. The molecule has 0 atom stereocenters. The average molecular weight is 350 g/mol. The topological polar surface area (TPSA) is 26.0 Å². The molecule has 4 rings (SSSR count). The molecule has 0 bridgehead atoms. The van der Waals surface area contributed by atoms with Crippen LogP contribution >= 0.6 is 15.9 Å². The molecular formula is C19H12BrNO. The first-order chi connectivity index (χ1) is 10.8. The number of aromatic nitrogens is 1. The molecule has 0 spiro atoms. The number of oxazole rings is 1. The molecule has 0 aliphatic heterocycles. The van der Waals surface area contributed by atoms with Gasteiger partial charge in [-0.15, -0.1) is 0 Å². The number of para-hydroxylation sites is 1. The zero-order valence-corrected chi connectivity index (χ0v) is 13.2. The van der Waals surface area contributed by atoms with Crippen LogP contribution in [0.1, 0.15) is 0 Å². The lowest BCUT2D eigenvalue weighted by Gasteiger charge is -2.02. The molecule has 106 valence electrons. The molecule has 0 aliphatic carbocycles. The van der Waals surface area contributed by atoms with Gasteiger partial charge in [0.2, 0.25) is 5.89 Å². The molecule has 0 amide bonds. The quantitative estimate of drug-likeness (QED) is 0.448. The molecule has 3 aromatic carbocycles. The smallest absolute Gasteiger partial charge is 0.227 e. The van der Waals surface area contributed by atoms with E-state index in [0.29, 0.717) is 5.89 Å². The van der Waals surface area contributed by atoms with Crippen LogP contribution in [0.25, 0.3) is 33.7 Å². The van der Waals surface area contributed by atoms with Gasteiger partial charge < -0.3 is 4.42 Å². The molecule has 3 heteroatoms. The standard InChI is InChI=1S/C19H12BrNO/c20-16-7-4-8-17-18(16)22-19(21-17)15-11-9-14(10-12-15)13-5-2-1-3-6-13/h1-12H. The monoisotopic (exact) mass is 349 g/mol. The number of halogens is 1. The third-order valence-electron chi connectivity index (χ3n) is 3.61. The van der Waals surface area contributed by atoms with Gasteiger partial charge in [-0.05, 0) is 51.3 Å². The Labute approximate surface area is 136 Å². The highest BCUT2D eigenvalue weighted by Gasteiger charge is 2.10. The predicted octanol–water partition coefficient (Wildman–Crippen LogP) is 5.92. The predicted molar refractivity (Wildman–Crippen MR) is 92.6 cm³/mol. The third kappa shape index (κ3) is 2.34. The summed E-state index contributed by atoms with van der Waals surface area (Å²) in [6.07, 6.45) is 0. The lowest BCUT2D eigenvalue weighted by atomic mass is 10.0. The zero-order valence-electron chi connectivity index (χ0n) is 11.7. The van der Waals surface area contributed by atoms with E-state index < -0.39 is 0 Å². The van der Waals surface area contributed by atoms with E-state index in [9.17, 15) is 0 Å². The van der Waals surface area contributed by atoms with Crippen LogP contribution in [0.2, 0.25) is 0 Å². The largest absolute Gasteiger partial charge is 0.435 e. The van der Waals surface area contributed by atoms with Crippen molar-refractivity contribution in [3.63, 3.8) is 0 Å². The summed E-state index contributed by atoms with van der Waals surface area (Å²) in [6.45, 7) is 0. The number of fused-ring (bicyclic) bond motifs is 1. The molecule has 0 radical (unpaired) electrons. The van der Waals surface area contributed by atoms with Crippen LogP contribution < -0.4 is 0 Å². The summed E-state index contributed by atoms with van der Waals surface area (Å²) >= 11 is 3.49. The highest BCUT2D eigenvalue weighted by atomic mass is 79.9. The van der Waals surface area contributed by atoms with Crippen molar-refractivity contribution >= 4 is 27.0 Å². The Hall–Kier alpha value is -2.39. The number of benzene rings is 3. The van der Waals surface area contributed by atoms with E-state index in [-0.39, 0.29) is 0 Å². The van der Waals surface area contributed by atoms with Crippen molar-refractivity contribution in [3.8, 4) is 22.6 Å². The number of hydrogen-bond acceptors (Lipinski definition) is 2. The van der Waals surface area contributed by atoms with E-state index in [0.717, 1.165) is 21.1 Å². The van der Waals surface area contributed by atoms with Crippen molar-refractivity contribution in [2.75, 3.05) is 0 Å². The summed E-state index contributed by atoms with van der Waals surface area (Å²) in [5, 5.41) is 0. The van der Waals surface area contributed by atoms with E-state index in [1.807, 2.05) is 48.5 Å². The molecule has 1 aromatic heterocycles. The molecule has 0 unspecified atom stereocenters. The Morgan fingerprint density at radius 1 is 0.682 bits per heavy atom. The summed E-state index contributed by atoms with van der Waals surface area (Å²) in [7, 11) is 0. The normalized spacial score (nSPS) is 11.0. The van der Waals surface area contributed by atoms with Gasteiger partial charge in [0, 0.05) is 5.56 Å². The number of hydrogen-bond donors (Lipinski definition) is 0. The summed E-state index contributed by atoms with van der Waals surface area (Å²) in [6, 6.07) is 24.4. The fourth-order valence-electron chi connectivity index (χ4n) is 2.47. The first-order valence-electron chi connectivity index (χ1n) is 7.02. The summed E-state index contributed by atoms with van der Waals surface area (Å²) in [4.78, 5) is 4.55. The molecule has 0 aliphatic rings. The lowest BCUT2D eigenvalue weighted by Crippen LogP contribution is -1.79. The van der Waals surface area contributed by atoms with E-state index in [4.69, 9.17) is 4.42 Å². The van der Waals surface area contributed by atoms with Gasteiger partial charge in [-0.2, -0.15) is 0 Å². The van der Waals surface area contributed by atoms with Crippen molar-refractivity contribution in [1.82, 2.24) is 4.98 Å². The molecule has 0 saturated carbocycles. The van der Waals surface area contributed by atoms with Crippen LogP contribution in [0.4, 0.5) is 0 Å². The highest BCUT2D eigenvalue weighted by molar-refractivity contribution is 9.10. The van der Waals surface area contributed by atoms with E-state index in [1.165, 1.54) is 11.1 Å². The Balaban J connectivity index is 1.74. The van der Waals surface area contributed by atoms with Gasteiger partial charge in [0.25, 0.3) is 0 Å². The van der Waals surface area contributed by atoms with E-state index in [1.54, 1.807) is 0 Å². The van der Waals surface area contributed by atoms with Crippen molar-refractivity contribution in [3.05, 3.63) is 77.3 Å². The van der Waals surface area contributed by atoms with E-state index in [2.05, 4.69) is 45.2 Å². The SMILES string of the molecule is Brc1cccc2nc(-c3ccc(-c4ccccc4)cc3)oc12. The zero-order chi connectivity index (χ0) is 14.9. The van der Waals surface area contributed by atoms with Crippen molar-refractivity contribution in [2.24, 2.45) is 0 Å². The summed E-state index contributed by atoms with van der Waals surface area (Å²) in [5.74, 6) is 0.640. The molecule has 0 N–H and O–H groups in total. The third-order valence-corrected chi connectivity index (χ3v) is 4.23. The van der Waals surface area contributed by atoms with Gasteiger partial charge >= 0.3 is 0 Å². The second kappa shape index (κ2) is 5.43. The van der Waals surface area contributed by atoms with Crippen LogP contribution in [0, 0.1) is 0 Å². The fourth-order valence-corrected chi connectivity index (χ4v) is 2.91. The molecular weight excluding hydrogens is 338 g/mol. The van der Waals surface area contributed by atoms with Crippen LogP contribution in [0.3, 0.4) is 0 Å². The van der Waals surface area contributed by atoms with Crippen LogP contribution in [-0.4, -0.2) is 4.98 Å². The van der Waals surface area contributed by atoms with Crippen LogP contribution in [0.15, 0.2) is 81.7 Å². The van der Waals surface area contributed by atoms with Crippen molar-refractivity contribution in [1.29, 1.82) is 0 Å². The minimum absolute atomic E-state index is 0.640. The minimum Gasteiger partial charge on any atom is -0.435 e. The van der Waals surface area contributed by atoms with Gasteiger partial charge in [0.05, 0.1) is 4.47 Å². The molecule has 22 heavy (non-hydrogen) atoms. The van der Waals surface area contributed by atoms with Gasteiger partial charge in [0.1, 0.15) is 5.52 Å². The van der Waals surface area contributed by atoms with Gasteiger partial charge in [-0.3, -0.25) is 0 Å². The molecule has 4 aromatic rings. The maximum absolute atomic E-state index is 5.87. The van der Waals surface area contributed by atoms with Crippen LogP contribution in [-0.2, 0) is 0 Å². The van der Waals surface area contributed by atoms with Crippen molar-refractivity contribution < 1.29 is 4.42 Å². The maximum Gasteiger partial charge on any atom is 0.227 e. The Morgan fingerprint density at radius 3 is 2.09 bits per heavy atom. The first-order valence-corrected chi connectivity index (χ1v) is 7.81. The second-order valence-corrected chi connectivity index (χ2v) is 5.90. The summed E-state index contributed by atoms with van der Waals surface area (Å²) < 4.78 is 6.79. The summed E-state index contributed by atoms with van der Waals surface area (Å²) in [5.41, 5.74) is 5.00. The Morgan fingerprint density at radius 2 is 1.36 bits per heavy atom. The number of rotatable bonds is 2. The minimum atomic E-state index is 0.640. The van der Waals surface area contributed by atoms with Crippen LogP contribution in [0.5, 0.6) is 0 Å². The van der Waals surface area contributed by atoms with Gasteiger partial charge in [-0.25, -0.2) is 4.98 Å². The fraction of sp³-hybridized carbons (Fsp3) is 0. The molecule has 0 saturated heterocycles. The van der Waals surface area contributed by atoms with Gasteiger partial charge in [-0.1, -0.05) is 48.5 Å². The molecule has 1 heterocycles. The lowest BCUT2D eigenvalue weighted by molar-refractivity contribution is 0.618. The Kier molecular flexibility index (Phi) is 3.28. The first kappa shape index (κ1) is 13.3. The second-order valence-electron chi connectivity index (χ2n) is 5.05. The van der Waals surface area contributed by atoms with Gasteiger partial charge in [0.15, 0.2) is 5.58 Å². The molecule has 0 fully saturated rings. The average Bonchev–Trinajstić information content (AvgIpc) is 3.02. The molecule has 2 nitrogen and oxygen atoms in total. The van der Waals surface area contributed by atoms with Crippen molar-refractivity contribution in [2.45, 2.75) is 0 Å². The van der Waals surface area contributed by atoms with E-state index >= 15 is 0 Å². The highest BCUT2D eigenvalue weighted by Crippen LogP contribution is 2.30.